The molecule has 0 fully saturated rings. The molecule has 6 heteroatoms. The third kappa shape index (κ3) is 2.79. The summed E-state index contributed by atoms with van der Waals surface area (Å²) in [5.74, 6) is -0.354. The molecule has 1 heterocycles. The Balaban J connectivity index is 2.09. The van der Waals surface area contributed by atoms with E-state index >= 15 is 0 Å². The second-order valence-corrected chi connectivity index (χ2v) is 4.07. The maximum Gasteiger partial charge on any atom is 0.266 e. The lowest BCUT2D eigenvalue weighted by Crippen LogP contribution is -2.24. The van der Waals surface area contributed by atoms with E-state index < -0.39 is 0 Å². The fourth-order valence-electron chi connectivity index (χ4n) is 1.72. The van der Waals surface area contributed by atoms with Crippen LogP contribution in [-0.4, -0.2) is 22.0 Å². The Bertz CT molecular complexity index is 670. The number of aldehydes is 1. The molecule has 19 heavy (non-hydrogen) atoms. The van der Waals surface area contributed by atoms with Crippen LogP contribution in [0.15, 0.2) is 35.1 Å². The number of nitrogens with one attached hydrogen (secondary N) is 2. The summed E-state index contributed by atoms with van der Waals surface area (Å²) >= 11 is 0. The molecule has 0 spiro atoms. The average molecular weight is 259 g/mol. The van der Waals surface area contributed by atoms with Gasteiger partial charge < -0.3 is 5.32 Å². The van der Waals surface area contributed by atoms with Crippen molar-refractivity contribution in [2.75, 3.05) is 0 Å². The summed E-state index contributed by atoms with van der Waals surface area (Å²) in [4.78, 5) is 34.0. The molecule has 1 aromatic carbocycles. The van der Waals surface area contributed by atoms with Gasteiger partial charge in [-0.2, -0.15) is 0 Å². The Morgan fingerprint density at radius 2 is 2.16 bits per heavy atom. The second kappa shape index (κ2) is 5.34. The molecule has 0 bridgehead atoms. The van der Waals surface area contributed by atoms with Gasteiger partial charge in [-0.3, -0.25) is 24.2 Å². The maximum atomic E-state index is 11.9. The Morgan fingerprint density at radius 1 is 1.42 bits per heavy atom. The van der Waals surface area contributed by atoms with Gasteiger partial charge in [-0.1, -0.05) is 18.2 Å². The van der Waals surface area contributed by atoms with Crippen LogP contribution in [0.3, 0.4) is 0 Å². The van der Waals surface area contributed by atoms with Gasteiger partial charge in [-0.15, -0.1) is 0 Å². The van der Waals surface area contributed by atoms with Crippen molar-refractivity contribution in [1.29, 1.82) is 0 Å². The largest absolute Gasteiger partial charge is 0.346 e. The summed E-state index contributed by atoms with van der Waals surface area (Å²) in [5.41, 5.74) is 1.08. The van der Waals surface area contributed by atoms with E-state index in [0.29, 0.717) is 23.1 Å². The summed E-state index contributed by atoms with van der Waals surface area (Å²) in [7, 11) is 1.59. The van der Waals surface area contributed by atoms with Crippen molar-refractivity contribution >= 4 is 12.2 Å². The number of aromatic amines is 1. The normalized spacial score (nSPS) is 10.2. The van der Waals surface area contributed by atoms with Crippen LogP contribution in [0.1, 0.15) is 26.4 Å². The topological polar surface area (TPSA) is 84.0 Å². The third-order valence-corrected chi connectivity index (χ3v) is 2.71. The highest BCUT2D eigenvalue weighted by Gasteiger charge is 2.10. The number of aryl methyl sites for hydroxylation is 1. The highest BCUT2D eigenvalue weighted by Crippen LogP contribution is 2.06. The molecule has 1 amide bonds. The van der Waals surface area contributed by atoms with Crippen molar-refractivity contribution in [3.63, 3.8) is 0 Å². The van der Waals surface area contributed by atoms with Crippen molar-refractivity contribution in [2.24, 2.45) is 7.05 Å². The van der Waals surface area contributed by atoms with Crippen molar-refractivity contribution in [2.45, 2.75) is 6.54 Å². The van der Waals surface area contributed by atoms with E-state index in [0.717, 1.165) is 0 Å². The molecule has 1 aromatic heterocycles. The number of carbonyl (C=O) groups excluding carboxylic acids is 2. The SMILES string of the molecule is Cn1[nH]c(CNC(=O)c2ccccc2C=O)cc1=O. The first-order valence-corrected chi connectivity index (χ1v) is 5.69. The maximum absolute atomic E-state index is 11.9. The predicted molar refractivity (Wildman–Crippen MR) is 69.0 cm³/mol. The Kier molecular flexibility index (Phi) is 3.61. The molecule has 6 nitrogen and oxygen atoms in total. The Morgan fingerprint density at radius 3 is 2.79 bits per heavy atom. The third-order valence-electron chi connectivity index (χ3n) is 2.71. The number of amides is 1. The number of carbonyl (C=O) groups is 2. The molecule has 2 N–H and O–H groups in total. The van der Waals surface area contributed by atoms with Gasteiger partial charge in [-0.05, 0) is 6.07 Å². The minimum Gasteiger partial charge on any atom is -0.346 e. The highest BCUT2D eigenvalue weighted by atomic mass is 16.2. The average Bonchev–Trinajstić information content (AvgIpc) is 2.75. The molecule has 0 aliphatic carbocycles. The first-order valence-electron chi connectivity index (χ1n) is 5.69. The molecule has 2 rings (SSSR count). The molecule has 0 unspecified atom stereocenters. The van der Waals surface area contributed by atoms with Gasteiger partial charge in [0.05, 0.1) is 12.2 Å². The summed E-state index contributed by atoms with van der Waals surface area (Å²) in [5, 5.41) is 5.45. The van der Waals surface area contributed by atoms with Gasteiger partial charge >= 0.3 is 0 Å². The zero-order valence-corrected chi connectivity index (χ0v) is 10.3. The van der Waals surface area contributed by atoms with E-state index in [4.69, 9.17) is 0 Å². The summed E-state index contributed by atoms with van der Waals surface area (Å²) < 4.78 is 1.32. The summed E-state index contributed by atoms with van der Waals surface area (Å²) in [6.45, 7) is 0.197. The van der Waals surface area contributed by atoms with Gasteiger partial charge in [0.15, 0.2) is 6.29 Å². The quantitative estimate of drug-likeness (QED) is 0.782. The van der Waals surface area contributed by atoms with Gasteiger partial charge in [0, 0.05) is 24.2 Å². The predicted octanol–water partition coefficient (Wildman–Crippen LogP) is 0.456. The van der Waals surface area contributed by atoms with Crippen molar-refractivity contribution in [3.8, 4) is 0 Å². The van der Waals surface area contributed by atoms with Crippen LogP contribution in [0.25, 0.3) is 0 Å². The number of nitrogens with zero attached hydrogens (tertiary/aromatic N) is 1. The molecule has 2 aromatic rings. The van der Waals surface area contributed by atoms with Crippen LogP contribution in [0.5, 0.6) is 0 Å². The Labute approximate surface area is 109 Å². The fraction of sp³-hybridized carbons (Fsp3) is 0.154. The molecular formula is C13H13N3O3. The number of H-pyrrole nitrogens is 1. The number of hydrogen-bond acceptors (Lipinski definition) is 3. The molecular weight excluding hydrogens is 246 g/mol. The molecule has 0 atom stereocenters. The molecule has 0 aliphatic heterocycles. The second-order valence-electron chi connectivity index (χ2n) is 4.07. The number of benzene rings is 1. The van der Waals surface area contributed by atoms with E-state index in [1.165, 1.54) is 10.7 Å². The van der Waals surface area contributed by atoms with E-state index in [9.17, 15) is 14.4 Å². The zero-order chi connectivity index (χ0) is 13.8. The summed E-state index contributed by atoms with van der Waals surface area (Å²) in [6, 6.07) is 7.94. The van der Waals surface area contributed by atoms with Crippen LogP contribution < -0.4 is 10.9 Å². The molecule has 98 valence electrons. The van der Waals surface area contributed by atoms with E-state index in [1.807, 2.05) is 0 Å². The van der Waals surface area contributed by atoms with Crippen molar-refractivity contribution in [3.05, 3.63) is 57.5 Å². The van der Waals surface area contributed by atoms with Crippen LogP contribution >= 0.6 is 0 Å². The molecule has 0 radical (unpaired) electrons. The van der Waals surface area contributed by atoms with Gasteiger partial charge in [0.1, 0.15) is 0 Å². The minimum atomic E-state index is -0.354. The smallest absolute Gasteiger partial charge is 0.266 e. The number of hydrogen-bond donors (Lipinski definition) is 2. The Hall–Kier alpha value is -2.63. The van der Waals surface area contributed by atoms with Crippen molar-refractivity contribution < 1.29 is 9.59 Å². The fourth-order valence-corrected chi connectivity index (χ4v) is 1.72. The van der Waals surface area contributed by atoms with E-state index in [-0.39, 0.29) is 18.0 Å². The van der Waals surface area contributed by atoms with Crippen LogP contribution in [0, 0.1) is 0 Å². The van der Waals surface area contributed by atoms with Crippen LogP contribution in [0.4, 0.5) is 0 Å². The number of aromatic nitrogens is 2. The van der Waals surface area contributed by atoms with E-state index in [1.54, 1.807) is 31.3 Å². The first-order chi connectivity index (χ1) is 9.11. The lowest BCUT2D eigenvalue weighted by molar-refractivity contribution is 0.0945. The van der Waals surface area contributed by atoms with Crippen LogP contribution in [-0.2, 0) is 13.6 Å². The van der Waals surface area contributed by atoms with Gasteiger partial charge in [0.25, 0.3) is 11.5 Å². The molecule has 0 aliphatic rings. The summed E-state index contributed by atoms with van der Waals surface area (Å²) in [6.07, 6.45) is 0.638. The van der Waals surface area contributed by atoms with Crippen molar-refractivity contribution in [1.82, 2.24) is 15.1 Å². The van der Waals surface area contributed by atoms with E-state index in [2.05, 4.69) is 10.4 Å². The molecule has 0 saturated heterocycles. The highest BCUT2D eigenvalue weighted by molar-refractivity contribution is 6.01. The standard InChI is InChI=1S/C13H13N3O3/c1-16-12(18)6-10(15-16)7-14-13(19)11-5-3-2-4-9(11)8-17/h2-6,8,15H,7H2,1H3,(H,14,19). The van der Waals surface area contributed by atoms with Crippen LogP contribution in [0.2, 0.25) is 0 Å². The molecule has 0 saturated carbocycles. The lowest BCUT2D eigenvalue weighted by atomic mass is 10.1. The monoisotopic (exact) mass is 259 g/mol. The first kappa shape index (κ1) is 12.8. The lowest BCUT2D eigenvalue weighted by Gasteiger charge is -2.05. The van der Waals surface area contributed by atoms with Gasteiger partial charge in [0.2, 0.25) is 0 Å². The minimum absolute atomic E-state index is 0.169. The van der Waals surface area contributed by atoms with Gasteiger partial charge in [-0.25, -0.2) is 0 Å². The number of rotatable bonds is 4. The zero-order valence-electron chi connectivity index (χ0n) is 10.3.